The molecule has 4 nitrogen and oxygen atoms in total. The third-order valence-corrected chi connectivity index (χ3v) is 5.74. The van der Waals surface area contributed by atoms with E-state index in [2.05, 4.69) is 52.9 Å². The molecule has 3 heterocycles. The van der Waals surface area contributed by atoms with Crippen LogP contribution < -0.4 is 0 Å². The van der Waals surface area contributed by atoms with E-state index < -0.39 is 0 Å². The van der Waals surface area contributed by atoms with Crippen molar-refractivity contribution in [1.82, 2.24) is 14.5 Å². The monoisotopic (exact) mass is 389 g/mol. The van der Waals surface area contributed by atoms with Crippen molar-refractivity contribution >= 4 is 33.0 Å². The highest BCUT2D eigenvalue weighted by atomic mass is 16.3. The summed E-state index contributed by atoms with van der Waals surface area (Å²) in [5.74, 6) is 0.858. The molecule has 30 heavy (non-hydrogen) atoms. The van der Waals surface area contributed by atoms with Crippen molar-refractivity contribution in [3.63, 3.8) is 0 Å². The van der Waals surface area contributed by atoms with Crippen LogP contribution in [0.3, 0.4) is 0 Å². The fourth-order valence-corrected chi connectivity index (χ4v) is 4.31. The molecular weight excluding hydrogens is 370 g/mol. The molecule has 0 radical (unpaired) electrons. The maximum absolute atomic E-state index is 6.37. The van der Waals surface area contributed by atoms with Gasteiger partial charge in [-0.1, -0.05) is 42.5 Å². The average Bonchev–Trinajstić information content (AvgIpc) is 3.35. The van der Waals surface area contributed by atoms with E-state index >= 15 is 0 Å². The van der Waals surface area contributed by atoms with Crippen LogP contribution in [0.1, 0.15) is 11.1 Å². The zero-order valence-corrected chi connectivity index (χ0v) is 16.8. The fourth-order valence-electron chi connectivity index (χ4n) is 4.31. The van der Waals surface area contributed by atoms with Crippen LogP contribution in [0.4, 0.5) is 0 Å². The molecule has 0 aliphatic carbocycles. The maximum Gasteiger partial charge on any atom is 0.149 e. The van der Waals surface area contributed by atoms with Crippen molar-refractivity contribution < 1.29 is 4.42 Å². The Kier molecular flexibility index (Phi) is 3.56. The molecule has 6 rings (SSSR count). The topological polar surface area (TPSA) is 43.9 Å². The van der Waals surface area contributed by atoms with Crippen LogP contribution >= 0.6 is 0 Å². The van der Waals surface area contributed by atoms with Crippen LogP contribution in [-0.4, -0.2) is 14.5 Å². The Morgan fingerprint density at radius 3 is 2.47 bits per heavy atom. The van der Waals surface area contributed by atoms with Crippen LogP contribution in [0.25, 0.3) is 50.0 Å². The molecule has 144 valence electrons. The lowest BCUT2D eigenvalue weighted by atomic mass is 10.0. The molecule has 0 spiro atoms. The summed E-state index contributed by atoms with van der Waals surface area (Å²) in [5, 5.41) is 2.27. The molecule has 0 aliphatic rings. The zero-order valence-electron chi connectivity index (χ0n) is 16.8. The number of aryl methyl sites for hydroxylation is 2. The highest BCUT2D eigenvalue weighted by molar-refractivity contribution is 6.11. The van der Waals surface area contributed by atoms with E-state index in [0.717, 1.165) is 55.6 Å². The van der Waals surface area contributed by atoms with E-state index in [0.29, 0.717) is 0 Å². The first-order valence-electron chi connectivity index (χ1n) is 10.0. The Morgan fingerprint density at radius 1 is 0.800 bits per heavy atom. The van der Waals surface area contributed by atoms with Gasteiger partial charge >= 0.3 is 0 Å². The van der Waals surface area contributed by atoms with Crippen molar-refractivity contribution in [3.8, 4) is 17.1 Å². The van der Waals surface area contributed by atoms with Gasteiger partial charge in [0, 0.05) is 22.7 Å². The smallest absolute Gasteiger partial charge is 0.149 e. The van der Waals surface area contributed by atoms with E-state index in [1.807, 2.05) is 49.6 Å². The molecule has 0 aliphatic heterocycles. The molecule has 0 bridgehead atoms. The first kappa shape index (κ1) is 17.0. The standard InChI is InChI=1S/C26H19N3O/c1-16-12-13-20(25-23(16)19-10-6-7-11-22(19)30-25)26-28-24-17(2)14-27-15-21(24)29(26)18-8-4-3-5-9-18/h3-15H,1-2H3. The van der Waals surface area contributed by atoms with E-state index in [1.165, 1.54) is 5.56 Å². The van der Waals surface area contributed by atoms with Crippen molar-refractivity contribution in [1.29, 1.82) is 0 Å². The minimum Gasteiger partial charge on any atom is -0.455 e. The molecule has 0 N–H and O–H groups in total. The van der Waals surface area contributed by atoms with Crippen molar-refractivity contribution in [3.05, 3.63) is 90.3 Å². The van der Waals surface area contributed by atoms with Gasteiger partial charge in [0.15, 0.2) is 0 Å². The molecule has 6 aromatic rings. The first-order valence-corrected chi connectivity index (χ1v) is 10.0. The Balaban J connectivity index is 1.77. The number of nitrogens with zero attached hydrogens (tertiary/aromatic N) is 3. The summed E-state index contributed by atoms with van der Waals surface area (Å²) in [6, 6.07) is 22.8. The number of aromatic nitrogens is 3. The van der Waals surface area contributed by atoms with Gasteiger partial charge in [-0.2, -0.15) is 0 Å². The number of hydrogen-bond acceptors (Lipinski definition) is 3. The van der Waals surface area contributed by atoms with Crippen molar-refractivity contribution in [2.45, 2.75) is 13.8 Å². The molecule has 0 saturated carbocycles. The predicted octanol–water partition coefficient (Wildman–Crippen LogP) is 6.60. The highest BCUT2D eigenvalue weighted by Gasteiger charge is 2.21. The van der Waals surface area contributed by atoms with Gasteiger partial charge in [-0.3, -0.25) is 9.55 Å². The predicted molar refractivity (Wildman–Crippen MR) is 121 cm³/mol. The number of para-hydroxylation sites is 2. The Hall–Kier alpha value is -3.92. The third-order valence-electron chi connectivity index (χ3n) is 5.74. The lowest BCUT2D eigenvalue weighted by Crippen LogP contribution is -1.98. The second kappa shape index (κ2) is 6.29. The Morgan fingerprint density at radius 2 is 1.60 bits per heavy atom. The Bertz CT molecular complexity index is 1560. The fraction of sp³-hybridized carbons (Fsp3) is 0.0769. The van der Waals surface area contributed by atoms with Gasteiger partial charge < -0.3 is 4.42 Å². The molecule has 0 fully saturated rings. The number of benzene rings is 3. The van der Waals surface area contributed by atoms with Gasteiger partial charge in [-0.05, 0) is 49.2 Å². The van der Waals surface area contributed by atoms with E-state index in [-0.39, 0.29) is 0 Å². The number of pyridine rings is 1. The van der Waals surface area contributed by atoms with Gasteiger partial charge in [-0.25, -0.2) is 4.98 Å². The van der Waals surface area contributed by atoms with Gasteiger partial charge in [0.1, 0.15) is 17.0 Å². The summed E-state index contributed by atoms with van der Waals surface area (Å²) < 4.78 is 8.54. The SMILES string of the molecule is Cc1cncc2c1nc(-c1ccc(C)c3c1oc1ccccc13)n2-c1ccccc1. The highest BCUT2D eigenvalue weighted by Crippen LogP contribution is 2.39. The molecular formula is C26H19N3O. The van der Waals surface area contributed by atoms with Crippen molar-refractivity contribution in [2.24, 2.45) is 0 Å². The second-order valence-corrected chi connectivity index (χ2v) is 7.66. The van der Waals surface area contributed by atoms with E-state index in [9.17, 15) is 0 Å². The summed E-state index contributed by atoms with van der Waals surface area (Å²) in [5.41, 5.74) is 7.97. The number of imidazole rings is 1. The number of hydrogen-bond donors (Lipinski definition) is 0. The van der Waals surface area contributed by atoms with Gasteiger partial charge in [0.2, 0.25) is 0 Å². The molecule has 0 amide bonds. The summed E-state index contributed by atoms with van der Waals surface area (Å²) in [4.78, 5) is 9.50. The van der Waals surface area contributed by atoms with Gasteiger partial charge in [0.05, 0.1) is 22.8 Å². The quantitative estimate of drug-likeness (QED) is 0.335. The summed E-state index contributed by atoms with van der Waals surface area (Å²) >= 11 is 0. The van der Waals surface area contributed by atoms with Gasteiger partial charge in [0.25, 0.3) is 0 Å². The van der Waals surface area contributed by atoms with Crippen LogP contribution in [-0.2, 0) is 0 Å². The van der Waals surface area contributed by atoms with E-state index in [1.54, 1.807) is 0 Å². The second-order valence-electron chi connectivity index (χ2n) is 7.66. The lowest BCUT2D eigenvalue weighted by Gasteiger charge is -2.10. The third kappa shape index (κ3) is 2.34. The summed E-state index contributed by atoms with van der Waals surface area (Å²) in [6.45, 7) is 4.18. The molecule has 0 atom stereocenters. The van der Waals surface area contributed by atoms with Crippen LogP contribution in [0.5, 0.6) is 0 Å². The minimum absolute atomic E-state index is 0.858. The van der Waals surface area contributed by atoms with Crippen LogP contribution in [0, 0.1) is 13.8 Å². The average molecular weight is 389 g/mol. The number of fused-ring (bicyclic) bond motifs is 4. The molecule has 0 saturated heterocycles. The van der Waals surface area contributed by atoms with Crippen LogP contribution in [0.2, 0.25) is 0 Å². The molecule has 0 unspecified atom stereocenters. The summed E-state index contributed by atoms with van der Waals surface area (Å²) in [6.07, 6.45) is 3.75. The summed E-state index contributed by atoms with van der Waals surface area (Å²) in [7, 11) is 0. The minimum atomic E-state index is 0.858. The van der Waals surface area contributed by atoms with Crippen LogP contribution in [0.15, 0.2) is 83.5 Å². The zero-order chi connectivity index (χ0) is 20.2. The van der Waals surface area contributed by atoms with Crippen molar-refractivity contribution in [2.75, 3.05) is 0 Å². The normalized spacial score (nSPS) is 11.7. The largest absolute Gasteiger partial charge is 0.455 e. The molecule has 3 aromatic carbocycles. The Labute approximate surface area is 173 Å². The first-order chi connectivity index (χ1) is 14.7. The number of rotatable bonds is 2. The maximum atomic E-state index is 6.37. The number of furan rings is 1. The van der Waals surface area contributed by atoms with Gasteiger partial charge in [-0.15, -0.1) is 0 Å². The van der Waals surface area contributed by atoms with E-state index in [4.69, 9.17) is 9.40 Å². The molecule has 4 heteroatoms. The lowest BCUT2D eigenvalue weighted by molar-refractivity contribution is 0.669. The molecule has 3 aromatic heterocycles.